The molecule has 4 nitrogen and oxygen atoms in total. The van der Waals surface area contributed by atoms with Crippen LogP contribution in [-0.2, 0) is 0 Å². The smallest absolute Gasteiger partial charge is 0.254 e. The zero-order chi connectivity index (χ0) is 9.97. The fourth-order valence-electron chi connectivity index (χ4n) is 2.08. The Labute approximate surface area is 82.8 Å². The van der Waals surface area contributed by atoms with Gasteiger partial charge in [0.1, 0.15) is 0 Å². The van der Waals surface area contributed by atoms with Gasteiger partial charge in [-0.2, -0.15) is 0 Å². The number of aryl methyl sites for hydroxylation is 1. The fourth-order valence-corrected chi connectivity index (χ4v) is 2.08. The molecule has 2 N–H and O–H groups in total. The summed E-state index contributed by atoms with van der Waals surface area (Å²) in [4.78, 5) is 18.4. The molecule has 4 heteroatoms. The molecule has 1 aromatic rings. The molecule has 1 atom stereocenters. The lowest BCUT2D eigenvalue weighted by atomic mass is 9.91. The molecule has 76 valence electrons. The average Bonchev–Trinajstić information content (AvgIpc) is 2.19. The summed E-state index contributed by atoms with van der Waals surface area (Å²) in [6, 6.07) is 0. The van der Waals surface area contributed by atoms with Gasteiger partial charge in [-0.05, 0) is 26.3 Å². The highest BCUT2D eigenvalue weighted by Crippen LogP contribution is 2.21. The first kappa shape index (κ1) is 9.40. The van der Waals surface area contributed by atoms with Gasteiger partial charge in [0.15, 0.2) is 0 Å². The first-order chi connectivity index (χ1) is 6.79. The van der Waals surface area contributed by atoms with Crippen molar-refractivity contribution >= 4 is 0 Å². The van der Waals surface area contributed by atoms with Gasteiger partial charge in [0, 0.05) is 23.7 Å². The van der Waals surface area contributed by atoms with Crippen LogP contribution in [0.15, 0.2) is 11.1 Å². The van der Waals surface area contributed by atoms with E-state index in [1.807, 2.05) is 6.92 Å². The molecule has 1 fully saturated rings. The number of nitrogens with zero attached hydrogens (tertiary/aromatic N) is 1. The van der Waals surface area contributed by atoms with Gasteiger partial charge >= 0.3 is 0 Å². The van der Waals surface area contributed by atoms with Crippen LogP contribution < -0.4 is 10.9 Å². The van der Waals surface area contributed by atoms with Crippen LogP contribution in [0.4, 0.5) is 0 Å². The van der Waals surface area contributed by atoms with E-state index < -0.39 is 0 Å². The number of H-pyrrole nitrogens is 1. The van der Waals surface area contributed by atoms with Crippen LogP contribution in [0.5, 0.6) is 0 Å². The molecule has 1 unspecified atom stereocenters. The molecule has 2 heterocycles. The van der Waals surface area contributed by atoms with Crippen LogP contribution in [0, 0.1) is 6.92 Å². The second kappa shape index (κ2) is 3.92. The van der Waals surface area contributed by atoms with Crippen molar-refractivity contribution < 1.29 is 0 Å². The van der Waals surface area contributed by atoms with Crippen molar-refractivity contribution in [2.24, 2.45) is 0 Å². The molecule has 0 saturated carbocycles. The van der Waals surface area contributed by atoms with Crippen LogP contribution in [0.25, 0.3) is 0 Å². The number of hydrogen-bond donors (Lipinski definition) is 2. The van der Waals surface area contributed by atoms with E-state index in [2.05, 4.69) is 15.3 Å². The minimum Gasteiger partial charge on any atom is -0.316 e. The molecule has 1 aromatic heterocycles. The third-order valence-electron chi connectivity index (χ3n) is 2.79. The molecule has 1 saturated heterocycles. The normalized spacial score (nSPS) is 22.2. The van der Waals surface area contributed by atoms with Crippen molar-refractivity contribution in [3.63, 3.8) is 0 Å². The second-order valence-electron chi connectivity index (χ2n) is 3.77. The van der Waals surface area contributed by atoms with Gasteiger partial charge in [0.2, 0.25) is 0 Å². The Bertz CT molecular complexity index is 366. The number of aromatic amines is 1. The summed E-state index contributed by atoms with van der Waals surface area (Å²) in [5.74, 6) is 0.334. The van der Waals surface area contributed by atoms with Crippen molar-refractivity contribution in [2.45, 2.75) is 25.7 Å². The zero-order valence-corrected chi connectivity index (χ0v) is 8.34. The number of piperidine rings is 1. The minimum atomic E-state index is 0.0196. The Kier molecular flexibility index (Phi) is 2.63. The number of aromatic nitrogens is 2. The van der Waals surface area contributed by atoms with Crippen LogP contribution in [0.3, 0.4) is 0 Å². The van der Waals surface area contributed by atoms with Crippen molar-refractivity contribution in [1.82, 2.24) is 15.3 Å². The molecule has 0 amide bonds. The lowest BCUT2D eigenvalue weighted by Gasteiger charge is -2.22. The molecule has 0 radical (unpaired) electrons. The average molecular weight is 193 g/mol. The van der Waals surface area contributed by atoms with E-state index in [4.69, 9.17) is 0 Å². The molecule has 0 spiro atoms. The fraction of sp³-hybridized carbons (Fsp3) is 0.600. The van der Waals surface area contributed by atoms with E-state index in [0.29, 0.717) is 5.92 Å². The van der Waals surface area contributed by atoms with Crippen molar-refractivity contribution in [3.05, 3.63) is 27.9 Å². The third kappa shape index (κ3) is 1.70. The lowest BCUT2D eigenvalue weighted by molar-refractivity contribution is 0.456. The van der Waals surface area contributed by atoms with E-state index in [1.165, 1.54) is 6.33 Å². The number of nitrogens with one attached hydrogen (secondary N) is 2. The summed E-state index contributed by atoms with van der Waals surface area (Å²) in [5.41, 5.74) is 1.74. The van der Waals surface area contributed by atoms with Gasteiger partial charge < -0.3 is 10.3 Å². The van der Waals surface area contributed by atoms with E-state index in [9.17, 15) is 4.79 Å². The van der Waals surface area contributed by atoms with Crippen LogP contribution in [-0.4, -0.2) is 23.1 Å². The third-order valence-corrected chi connectivity index (χ3v) is 2.79. The maximum absolute atomic E-state index is 11.6. The quantitative estimate of drug-likeness (QED) is 0.684. The molecule has 0 aromatic carbocycles. The Morgan fingerprint density at radius 1 is 1.57 bits per heavy atom. The predicted octanol–water partition coefficient (Wildman–Crippen LogP) is 0.545. The second-order valence-corrected chi connectivity index (χ2v) is 3.77. The van der Waals surface area contributed by atoms with Crippen LogP contribution >= 0.6 is 0 Å². The van der Waals surface area contributed by atoms with E-state index in [1.54, 1.807) is 0 Å². The minimum absolute atomic E-state index is 0.0196. The highest BCUT2D eigenvalue weighted by molar-refractivity contribution is 5.20. The van der Waals surface area contributed by atoms with Crippen LogP contribution in [0.2, 0.25) is 0 Å². The Hall–Kier alpha value is -1.16. The first-order valence-electron chi connectivity index (χ1n) is 5.04. The summed E-state index contributed by atoms with van der Waals surface area (Å²) in [6.45, 7) is 3.86. The van der Waals surface area contributed by atoms with E-state index in [0.717, 1.165) is 37.2 Å². The topological polar surface area (TPSA) is 57.8 Å². The molecule has 2 rings (SSSR count). The summed E-state index contributed by atoms with van der Waals surface area (Å²) in [7, 11) is 0. The summed E-state index contributed by atoms with van der Waals surface area (Å²) in [6.07, 6.45) is 3.69. The predicted molar refractivity (Wildman–Crippen MR) is 54.4 cm³/mol. The summed E-state index contributed by atoms with van der Waals surface area (Å²) >= 11 is 0. The highest BCUT2D eigenvalue weighted by atomic mass is 16.1. The van der Waals surface area contributed by atoms with Crippen LogP contribution in [0.1, 0.15) is 30.0 Å². The number of rotatable bonds is 1. The summed E-state index contributed by atoms with van der Waals surface area (Å²) < 4.78 is 0. The lowest BCUT2D eigenvalue weighted by Crippen LogP contribution is -2.32. The maximum atomic E-state index is 11.6. The first-order valence-corrected chi connectivity index (χ1v) is 5.04. The SMILES string of the molecule is Cc1nc[nH]c(=O)c1C1CCCNC1. The molecule has 0 aliphatic carbocycles. The van der Waals surface area contributed by atoms with Gasteiger partial charge in [0.25, 0.3) is 5.56 Å². The van der Waals surface area contributed by atoms with E-state index in [-0.39, 0.29) is 5.56 Å². The van der Waals surface area contributed by atoms with Crippen molar-refractivity contribution in [2.75, 3.05) is 13.1 Å². The molecule has 14 heavy (non-hydrogen) atoms. The van der Waals surface area contributed by atoms with E-state index >= 15 is 0 Å². The van der Waals surface area contributed by atoms with Gasteiger partial charge in [0.05, 0.1) is 6.33 Å². The van der Waals surface area contributed by atoms with Gasteiger partial charge in [-0.15, -0.1) is 0 Å². The monoisotopic (exact) mass is 193 g/mol. The molecule has 1 aliphatic rings. The maximum Gasteiger partial charge on any atom is 0.254 e. The van der Waals surface area contributed by atoms with Crippen molar-refractivity contribution in [3.8, 4) is 0 Å². The van der Waals surface area contributed by atoms with Gasteiger partial charge in [-0.1, -0.05) is 0 Å². The molecule has 1 aliphatic heterocycles. The molecular weight excluding hydrogens is 178 g/mol. The Morgan fingerprint density at radius 2 is 2.43 bits per heavy atom. The zero-order valence-electron chi connectivity index (χ0n) is 8.34. The van der Waals surface area contributed by atoms with Gasteiger partial charge in [-0.3, -0.25) is 4.79 Å². The van der Waals surface area contributed by atoms with Crippen molar-refractivity contribution in [1.29, 1.82) is 0 Å². The standard InChI is InChI=1S/C10H15N3O/c1-7-9(10(14)13-6-12-7)8-3-2-4-11-5-8/h6,8,11H,2-5H2,1H3,(H,12,13,14). The van der Waals surface area contributed by atoms with Gasteiger partial charge in [-0.25, -0.2) is 4.98 Å². The summed E-state index contributed by atoms with van der Waals surface area (Å²) in [5, 5.41) is 3.31. The Balaban J connectivity index is 2.34. The largest absolute Gasteiger partial charge is 0.316 e. The highest BCUT2D eigenvalue weighted by Gasteiger charge is 2.20. The Morgan fingerprint density at radius 3 is 3.07 bits per heavy atom. The molecule has 0 bridgehead atoms. The molecular formula is C10H15N3O. The number of hydrogen-bond acceptors (Lipinski definition) is 3.